The highest BCUT2D eigenvalue weighted by atomic mass is 16.2. The summed E-state index contributed by atoms with van der Waals surface area (Å²) in [5.74, 6) is 1.10. The van der Waals surface area contributed by atoms with Crippen LogP contribution in [0.25, 0.3) is 0 Å². The van der Waals surface area contributed by atoms with Crippen LogP contribution in [0.15, 0.2) is 42.7 Å². The number of piperidine rings is 1. The summed E-state index contributed by atoms with van der Waals surface area (Å²) in [7, 11) is 0. The number of rotatable bonds is 3. The van der Waals surface area contributed by atoms with Gasteiger partial charge in [0.15, 0.2) is 0 Å². The normalized spacial score (nSPS) is 18.1. The van der Waals surface area contributed by atoms with E-state index in [2.05, 4.69) is 25.8 Å². The first-order chi connectivity index (χ1) is 12.8. The summed E-state index contributed by atoms with van der Waals surface area (Å²) in [5, 5.41) is 0. The summed E-state index contributed by atoms with van der Waals surface area (Å²) in [6.07, 6.45) is 7.01. The van der Waals surface area contributed by atoms with Crippen molar-refractivity contribution in [3.63, 3.8) is 0 Å². The van der Waals surface area contributed by atoms with E-state index in [4.69, 9.17) is 0 Å². The van der Waals surface area contributed by atoms with Gasteiger partial charge in [-0.15, -0.1) is 0 Å². The first-order valence-electron chi connectivity index (χ1n) is 9.47. The van der Waals surface area contributed by atoms with Gasteiger partial charge in [0.05, 0.1) is 0 Å². The van der Waals surface area contributed by atoms with Crippen molar-refractivity contribution in [3.8, 4) is 0 Å². The number of nitrogens with zero attached hydrogens (tertiary/aromatic N) is 5. The number of aromatic nitrogens is 2. The van der Waals surface area contributed by atoms with Crippen LogP contribution >= 0.6 is 0 Å². The molecule has 0 saturated carbocycles. The fourth-order valence-electron chi connectivity index (χ4n) is 3.73. The fraction of sp³-hybridized carbons (Fsp3) is 0.450. The van der Waals surface area contributed by atoms with Crippen molar-refractivity contribution in [2.24, 2.45) is 0 Å². The maximum absolute atomic E-state index is 12.7. The molecule has 0 radical (unpaired) electrons. The number of piperazine rings is 1. The molecular formula is C20H25N5O. The molecule has 2 aromatic heterocycles. The molecule has 2 saturated heterocycles. The number of amides is 1. The van der Waals surface area contributed by atoms with E-state index in [1.165, 1.54) is 6.42 Å². The highest BCUT2D eigenvalue weighted by Gasteiger charge is 2.22. The summed E-state index contributed by atoms with van der Waals surface area (Å²) in [6.45, 7) is 5.39. The zero-order valence-electron chi connectivity index (χ0n) is 15.0. The molecule has 4 rings (SSSR count). The van der Waals surface area contributed by atoms with Crippen LogP contribution in [0, 0.1) is 0 Å². The minimum Gasteiger partial charge on any atom is -0.368 e. The Bertz CT molecular complexity index is 737. The lowest BCUT2D eigenvalue weighted by molar-refractivity contribution is 0.0718. The Balaban J connectivity index is 1.42. The average molecular weight is 351 g/mol. The van der Waals surface area contributed by atoms with E-state index < -0.39 is 0 Å². The Labute approximate surface area is 154 Å². The Kier molecular flexibility index (Phi) is 5.00. The van der Waals surface area contributed by atoms with Crippen LogP contribution in [0.4, 0.5) is 11.5 Å². The SMILES string of the molecule is O=C(c1cc(N2CCN(c3ccccn3)CC2)ccn1)N1CCCCC1. The van der Waals surface area contributed by atoms with Gasteiger partial charge in [0, 0.05) is 57.3 Å². The van der Waals surface area contributed by atoms with Gasteiger partial charge in [-0.2, -0.15) is 0 Å². The topological polar surface area (TPSA) is 52.6 Å². The van der Waals surface area contributed by atoms with E-state index >= 15 is 0 Å². The number of carbonyl (C=O) groups excluding carboxylic acids is 1. The Morgan fingerprint density at radius 3 is 2.31 bits per heavy atom. The van der Waals surface area contributed by atoms with Crippen LogP contribution in [0.2, 0.25) is 0 Å². The van der Waals surface area contributed by atoms with Gasteiger partial charge in [0.1, 0.15) is 11.5 Å². The lowest BCUT2D eigenvalue weighted by atomic mass is 10.1. The summed E-state index contributed by atoms with van der Waals surface area (Å²) in [4.78, 5) is 28.0. The van der Waals surface area contributed by atoms with Crippen LogP contribution < -0.4 is 9.80 Å². The monoisotopic (exact) mass is 351 g/mol. The van der Waals surface area contributed by atoms with Gasteiger partial charge in [0.25, 0.3) is 5.91 Å². The fourth-order valence-corrected chi connectivity index (χ4v) is 3.73. The maximum atomic E-state index is 12.7. The van der Waals surface area contributed by atoms with Gasteiger partial charge >= 0.3 is 0 Å². The average Bonchev–Trinajstić information content (AvgIpc) is 2.75. The van der Waals surface area contributed by atoms with E-state index in [0.717, 1.165) is 63.6 Å². The van der Waals surface area contributed by atoms with Crippen LogP contribution in [0.3, 0.4) is 0 Å². The quantitative estimate of drug-likeness (QED) is 0.850. The molecule has 2 aliphatic heterocycles. The van der Waals surface area contributed by atoms with Gasteiger partial charge < -0.3 is 14.7 Å². The number of anilines is 2. The molecule has 0 spiro atoms. The molecule has 0 atom stereocenters. The van der Waals surface area contributed by atoms with Crippen molar-refractivity contribution in [2.45, 2.75) is 19.3 Å². The maximum Gasteiger partial charge on any atom is 0.272 e. The van der Waals surface area contributed by atoms with E-state index in [-0.39, 0.29) is 5.91 Å². The van der Waals surface area contributed by atoms with Crippen LogP contribution in [0.5, 0.6) is 0 Å². The van der Waals surface area contributed by atoms with E-state index in [9.17, 15) is 4.79 Å². The summed E-state index contributed by atoms with van der Waals surface area (Å²) >= 11 is 0. The largest absolute Gasteiger partial charge is 0.368 e. The number of hydrogen-bond acceptors (Lipinski definition) is 5. The highest BCUT2D eigenvalue weighted by molar-refractivity contribution is 5.93. The highest BCUT2D eigenvalue weighted by Crippen LogP contribution is 2.20. The summed E-state index contributed by atoms with van der Waals surface area (Å²) < 4.78 is 0. The minimum absolute atomic E-state index is 0.0682. The van der Waals surface area contributed by atoms with Crippen molar-refractivity contribution in [1.82, 2.24) is 14.9 Å². The second kappa shape index (κ2) is 7.72. The van der Waals surface area contributed by atoms with E-state index in [1.54, 1.807) is 6.20 Å². The molecule has 2 aromatic rings. The Morgan fingerprint density at radius 1 is 0.808 bits per heavy atom. The third kappa shape index (κ3) is 3.64. The standard InChI is InChI=1S/C20H25N5O/c26-20(25-10-4-1-5-11-25)18-16-17(7-9-21-18)23-12-14-24(15-13-23)19-6-2-3-8-22-19/h2-3,6-9,16H,1,4-5,10-15H2. The van der Waals surface area contributed by atoms with Crippen molar-refractivity contribution < 1.29 is 4.79 Å². The van der Waals surface area contributed by atoms with Gasteiger partial charge in [-0.05, 0) is 43.5 Å². The van der Waals surface area contributed by atoms with E-state index in [0.29, 0.717) is 5.69 Å². The zero-order chi connectivity index (χ0) is 17.8. The molecule has 0 N–H and O–H groups in total. The molecule has 6 nitrogen and oxygen atoms in total. The summed E-state index contributed by atoms with van der Waals surface area (Å²) in [6, 6.07) is 9.97. The molecule has 136 valence electrons. The van der Waals surface area contributed by atoms with Crippen molar-refractivity contribution in [2.75, 3.05) is 49.1 Å². The molecule has 0 aliphatic carbocycles. The first-order valence-corrected chi connectivity index (χ1v) is 9.47. The van der Waals surface area contributed by atoms with Gasteiger partial charge in [0.2, 0.25) is 0 Å². The van der Waals surface area contributed by atoms with Gasteiger partial charge in [-0.1, -0.05) is 6.07 Å². The summed E-state index contributed by atoms with van der Waals surface area (Å²) in [5.41, 5.74) is 1.65. The smallest absolute Gasteiger partial charge is 0.272 e. The molecule has 0 unspecified atom stereocenters. The van der Waals surface area contributed by atoms with E-state index in [1.807, 2.05) is 35.4 Å². The second-order valence-corrected chi connectivity index (χ2v) is 6.91. The number of hydrogen-bond donors (Lipinski definition) is 0. The number of likely N-dealkylation sites (tertiary alicyclic amines) is 1. The number of carbonyl (C=O) groups is 1. The molecule has 0 aromatic carbocycles. The van der Waals surface area contributed by atoms with Crippen LogP contribution in [-0.4, -0.2) is 60.0 Å². The predicted molar refractivity (Wildman–Crippen MR) is 103 cm³/mol. The molecular weight excluding hydrogens is 326 g/mol. The Hall–Kier alpha value is -2.63. The zero-order valence-corrected chi connectivity index (χ0v) is 15.0. The molecule has 2 fully saturated rings. The number of pyridine rings is 2. The molecule has 1 amide bonds. The van der Waals surface area contributed by atoms with Crippen LogP contribution in [-0.2, 0) is 0 Å². The Morgan fingerprint density at radius 2 is 1.58 bits per heavy atom. The third-order valence-electron chi connectivity index (χ3n) is 5.22. The molecule has 0 bridgehead atoms. The van der Waals surface area contributed by atoms with Crippen molar-refractivity contribution >= 4 is 17.4 Å². The first kappa shape index (κ1) is 16.8. The van der Waals surface area contributed by atoms with Crippen LogP contribution in [0.1, 0.15) is 29.8 Å². The van der Waals surface area contributed by atoms with Crippen molar-refractivity contribution in [1.29, 1.82) is 0 Å². The van der Waals surface area contributed by atoms with Crippen molar-refractivity contribution in [3.05, 3.63) is 48.4 Å². The third-order valence-corrected chi connectivity index (χ3v) is 5.22. The van der Waals surface area contributed by atoms with Gasteiger partial charge in [-0.25, -0.2) is 4.98 Å². The predicted octanol–water partition coefficient (Wildman–Crippen LogP) is 2.43. The molecule has 6 heteroatoms. The lowest BCUT2D eigenvalue weighted by Gasteiger charge is -2.36. The minimum atomic E-state index is 0.0682. The molecule has 4 heterocycles. The second-order valence-electron chi connectivity index (χ2n) is 6.91. The van der Waals surface area contributed by atoms with Gasteiger partial charge in [-0.3, -0.25) is 9.78 Å². The molecule has 26 heavy (non-hydrogen) atoms. The lowest BCUT2D eigenvalue weighted by Crippen LogP contribution is -2.47. The molecule has 2 aliphatic rings.